The summed E-state index contributed by atoms with van der Waals surface area (Å²) in [4.78, 5) is 11.9. The number of hydrogen-bond acceptors (Lipinski definition) is 6. The molecule has 1 fully saturated rings. The molecule has 0 saturated heterocycles. The molecule has 1 aliphatic carbocycles. The Morgan fingerprint density at radius 2 is 2.26 bits per heavy atom. The summed E-state index contributed by atoms with van der Waals surface area (Å²) in [7, 11) is 0. The minimum Gasteiger partial charge on any atom is -0.772 e. The maximum atomic E-state index is 11.9. The summed E-state index contributed by atoms with van der Waals surface area (Å²) in [6.07, 6.45) is 2.87. The first kappa shape index (κ1) is 23.0. The molecule has 9 heteroatoms. The van der Waals surface area contributed by atoms with Crippen LogP contribution in [0.5, 0.6) is 0 Å². The third-order valence-corrected chi connectivity index (χ3v) is 6.65. The Labute approximate surface area is 183 Å². The van der Waals surface area contributed by atoms with E-state index in [0.717, 1.165) is 22.9 Å². The monoisotopic (exact) mass is 442 g/mol. The molecular weight excluding hydrogens is 418 g/mol. The minimum atomic E-state index is -2.43. The fraction of sp³-hybridized carbons (Fsp3) is 0.455. The van der Waals surface area contributed by atoms with E-state index in [2.05, 4.69) is 28.8 Å². The summed E-state index contributed by atoms with van der Waals surface area (Å²) in [5.74, 6) is 10.9. The van der Waals surface area contributed by atoms with E-state index in [9.17, 15) is 13.6 Å². The molecule has 0 spiro atoms. The Kier molecular flexibility index (Phi) is 6.83. The van der Waals surface area contributed by atoms with Crippen LogP contribution < -0.4 is 5.48 Å². The predicted octanol–water partition coefficient (Wildman–Crippen LogP) is 1.19. The second-order valence-corrected chi connectivity index (χ2v) is 9.26. The normalized spacial score (nSPS) is 22.4. The molecule has 31 heavy (non-hydrogen) atoms. The SMILES string of the molecule is C[C@](CCn1cc2cc(C#CC#C[C@]3(C)C[C@H]3CO)ccc2n1)(CS(=O)[O-])C(=O)NO. The average molecular weight is 443 g/mol. The van der Waals surface area contributed by atoms with Crippen molar-refractivity contribution in [2.75, 3.05) is 12.4 Å². The first-order valence-electron chi connectivity index (χ1n) is 9.81. The lowest BCUT2D eigenvalue weighted by Crippen LogP contribution is -2.42. The highest BCUT2D eigenvalue weighted by atomic mass is 32.2. The number of carbonyl (C=O) groups is 1. The third kappa shape index (κ3) is 5.52. The number of nitrogens with zero attached hydrogens (tertiary/aromatic N) is 2. The Morgan fingerprint density at radius 1 is 1.48 bits per heavy atom. The molecule has 1 unspecified atom stereocenters. The van der Waals surface area contributed by atoms with Crippen molar-refractivity contribution in [3.63, 3.8) is 0 Å². The van der Waals surface area contributed by atoms with Crippen LogP contribution in [-0.2, 0) is 22.4 Å². The molecule has 3 rings (SSSR count). The van der Waals surface area contributed by atoms with Gasteiger partial charge in [-0.05, 0) is 62.6 Å². The lowest BCUT2D eigenvalue weighted by molar-refractivity contribution is -0.138. The van der Waals surface area contributed by atoms with Crippen molar-refractivity contribution in [2.45, 2.75) is 33.2 Å². The lowest BCUT2D eigenvalue weighted by Gasteiger charge is -2.27. The quantitative estimate of drug-likeness (QED) is 0.256. The number of nitrogens with one attached hydrogen (secondary N) is 1. The van der Waals surface area contributed by atoms with Gasteiger partial charge in [0.15, 0.2) is 0 Å². The number of aliphatic hydroxyl groups excluding tert-OH is 1. The number of rotatable bonds is 7. The second-order valence-electron chi connectivity index (χ2n) is 8.37. The van der Waals surface area contributed by atoms with E-state index in [1.807, 2.05) is 25.1 Å². The van der Waals surface area contributed by atoms with Gasteiger partial charge in [-0.2, -0.15) is 5.10 Å². The molecular formula is C22H24N3O5S-. The maximum Gasteiger partial charge on any atom is 0.250 e. The van der Waals surface area contributed by atoms with Gasteiger partial charge in [0.2, 0.25) is 5.91 Å². The van der Waals surface area contributed by atoms with Crippen LogP contribution in [0, 0.1) is 40.4 Å². The molecule has 0 radical (unpaired) electrons. The highest BCUT2D eigenvalue weighted by molar-refractivity contribution is 7.79. The Morgan fingerprint density at radius 3 is 2.90 bits per heavy atom. The number of benzene rings is 1. The van der Waals surface area contributed by atoms with E-state index in [0.29, 0.717) is 6.54 Å². The van der Waals surface area contributed by atoms with E-state index in [1.54, 1.807) is 16.4 Å². The molecule has 8 nitrogen and oxygen atoms in total. The molecule has 1 aromatic carbocycles. The van der Waals surface area contributed by atoms with E-state index >= 15 is 0 Å². The summed E-state index contributed by atoms with van der Waals surface area (Å²) >= 11 is -2.43. The van der Waals surface area contributed by atoms with Gasteiger partial charge in [0, 0.05) is 41.5 Å². The zero-order chi connectivity index (χ0) is 22.6. The summed E-state index contributed by atoms with van der Waals surface area (Å²) in [6, 6.07) is 5.56. The largest absolute Gasteiger partial charge is 0.772 e. The van der Waals surface area contributed by atoms with Crippen LogP contribution in [-0.4, -0.2) is 47.1 Å². The number of hydroxylamine groups is 1. The first-order valence-corrected chi connectivity index (χ1v) is 11.1. The molecule has 0 bridgehead atoms. The number of fused-ring (bicyclic) bond motifs is 1. The molecule has 3 N–H and O–H groups in total. The van der Waals surface area contributed by atoms with Gasteiger partial charge in [0.1, 0.15) is 0 Å². The van der Waals surface area contributed by atoms with Crippen molar-refractivity contribution in [3.8, 4) is 23.7 Å². The summed E-state index contributed by atoms with van der Waals surface area (Å²) < 4.78 is 23.9. The molecule has 164 valence electrons. The van der Waals surface area contributed by atoms with Crippen LogP contribution in [0.25, 0.3) is 10.9 Å². The van der Waals surface area contributed by atoms with Gasteiger partial charge < -0.3 is 9.66 Å². The Balaban J connectivity index is 1.70. The fourth-order valence-corrected chi connectivity index (χ4v) is 4.22. The van der Waals surface area contributed by atoms with Crippen LogP contribution >= 0.6 is 0 Å². The molecule has 0 aliphatic heterocycles. The van der Waals surface area contributed by atoms with E-state index < -0.39 is 28.2 Å². The average Bonchev–Trinajstić information content (AvgIpc) is 3.21. The smallest absolute Gasteiger partial charge is 0.250 e. The fourth-order valence-electron chi connectivity index (χ4n) is 3.43. The third-order valence-electron chi connectivity index (χ3n) is 5.78. The number of carbonyl (C=O) groups excluding carboxylic acids is 1. The number of aromatic nitrogens is 2. The summed E-state index contributed by atoms with van der Waals surface area (Å²) in [5, 5.41) is 23.4. The van der Waals surface area contributed by atoms with Gasteiger partial charge in [-0.1, -0.05) is 22.9 Å². The van der Waals surface area contributed by atoms with Gasteiger partial charge in [0.05, 0.1) is 10.9 Å². The standard InChI is InChI=1S/C22H25N3O5S/c1-21(12-18(21)14-26)8-4-3-5-16-6-7-19-17(11-16)13-25(23-19)10-9-22(2,15-31(29)30)20(27)24-28/h6-7,11,13,18,26,28H,9-10,12,14-15H2,1-2H3,(H,24,27)(H,29,30)/p-1/t18-,21+,22-/m0/s1. The first-order chi connectivity index (χ1) is 14.7. The van der Waals surface area contributed by atoms with Crippen molar-refractivity contribution in [3.05, 3.63) is 30.0 Å². The van der Waals surface area contributed by atoms with Crippen LogP contribution in [0.3, 0.4) is 0 Å². The van der Waals surface area contributed by atoms with Crippen LogP contribution in [0.1, 0.15) is 32.3 Å². The number of amides is 1. The summed E-state index contributed by atoms with van der Waals surface area (Å²) in [5.41, 5.74) is 1.67. The van der Waals surface area contributed by atoms with E-state index in [4.69, 9.17) is 10.3 Å². The van der Waals surface area contributed by atoms with Crippen LogP contribution in [0.2, 0.25) is 0 Å². The molecule has 4 atom stereocenters. The Hall–Kier alpha value is -2.69. The number of aliphatic hydroxyl groups is 1. The van der Waals surface area contributed by atoms with Crippen LogP contribution in [0.15, 0.2) is 24.4 Å². The lowest BCUT2D eigenvalue weighted by atomic mass is 9.88. The molecule has 2 aromatic rings. The maximum absolute atomic E-state index is 11.9. The summed E-state index contributed by atoms with van der Waals surface area (Å²) in [6.45, 7) is 3.95. The van der Waals surface area contributed by atoms with Crippen molar-refractivity contribution in [2.24, 2.45) is 16.7 Å². The van der Waals surface area contributed by atoms with E-state index in [1.165, 1.54) is 6.92 Å². The van der Waals surface area contributed by atoms with Crippen molar-refractivity contribution < 1.29 is 23.9 Å². The molecule has 1 aliphatic rings. The topological polar surface area (TPSA) is 128 Å². The van der Waals surface area contributed by atoms with Crippen molar-refractivity contribution in [1.29, 1.82) is 0 Å². The van der Waals surface area contributed by atoms with Gasteiger partial charge >= 0.3 is 0 Å². The number of hydrogen-bond donors (Lipinski definition) is 3. The zero-order valence-electron chi connectivity index (χ0n) is 17.3. The molecule has 1 heterocycles. The molecule has 1 saturated carbocycles. The molecule has 1 amide bonds. The van der Waals surface area contributed by atoms with Crippen molar-refractivity contribution in [1.82, 2.24) is 15.3 Å². The number of aryl methyl sites for hydroxylation is 1. The van der Waals surface area contributed by atoms with E-state index in [-0.39, 0.29) is 24.4 Å². The van der Waals surface area contributed by atoms with Gasteiger partial charge in [-0.15, -0.1) is 0 Å². The highest BCUT2D eigenvalue weighted by Crippen LogP contribution is 2.51. The van der Waals surface area contributed by atoms with Crippen molar-refractivity contribution >= 4 is 27.9 Å². The second kappa shape index (κ2) is 9.21. The highest BCUT2D eigenvalue weighted by Gasteiger charge is 2.48. The predicted molar refractivity (Wildman–Crippen MR) is 114 cm³/mol. The minimum absolute atomic E-state index is 0.130. The van der Waals surface area contributed by atoms with Gasteiger partial charge in [-0.3, -0.25) is 18.9 Å². The van der Waals surface area contributed by atoms with Gasteiger partial charge in [0.25, 0.3) is 0 Å². The zero-order valence-corrected chi connectivity index (χ0v) is 18.2. The van der Waals surface area contributed by atoms with Crippen LogP contribution in [0.4, 0.5) is 0 Å². The molecule has 1 aromatic heterocycles. The van der Waals surface area contributed by atoms with Gasteiger partial charge in [-0.25, -0.2) is 5.48 Å². The Bertz CT molecular complexity index is 1140.